The van der Waals surface area contributed by atoms with Gasteiger partial charge in [0.2, 0.25) is 10.0 Å². The van der Waals surface area contributed by atoms with Gasteiger partial charge >= 0.3 is 0 Å². The first-order valence-electron chi connectivity index (χ1n) is 5.49. The van der Waals surface area contributed by atoms with Crippen molar-refractivity contribution >= 4 is 10.0 Å². The van der Waals surface area contributed by atoms with E-state index in [1.807, 2.05) is 12.1 Å². The minimum atomic E-state index is -3.68. The summed E-state index contributed by atoms with van der Waals surface area (Å²) in [6, 6.07) is 8.83. The summed E-state index contributed by atoms with van der Waals surface area (Å²) < 4.78 is 26.4. The van der Waals surface area contributed by atoms with Crippen LogP contribution in [0.15, 0.2) is 29.2 Å². The highest BCUT2D eigenvalue weighted by Crippen LogP contribution is 2.33. The lowest BCUT2D eigenvalue weighted by molar-refractivity contribution is 0.560. The average molecular weight is 261 g/mol. The van der Waals surface area contributed by atoms with Gasteiger partial charge in [0.15, 0.2) is 0 Å². The topological polar surface area (TPSA) is 93.8 Å². The molecule has 92 valence electrons. The molecule has 1 aromatic carbocycles. The molecule has 2 rings (SSSR count). The molecule has 1 aromatic rings. The average Bonchev–Trinajstić information content (AvgIpc) is 3.20. The highest BCUT2D eigenvalue weighted by molar-refractivity contribution is 7.89. The van der Waals surface area contributed by atoms with Gasteiger partial charge < -0.3 is 0 Å². The summed E-state index contributed by atoms with van der Waals surface area (Å²) in [6.45, 7) is 0. The quantitative estimate of drug-likeness (QED) is 0.879. The molecule has 1 unspecified atom stereocenters. The SMILES string of the molecule is N#Cc1ccc(S(=O)(=O)NC(C#N)C2CC2)cc1. The van der Waals surface area contributed by atoms with Gasteiger partial charge in [-0.25, -0.2) is 8.42 Å². The largest absolute Gasteiger partial charge is 0.241 e. The fraction of sp³-hybridized carbons (Fsp3) is 0.333. The lowest BCUT2D eigenvalue weighted by atomic mass is 10.2. The number of rotatable bonds is 4. The molecule has 0 aromatic heterocycles. The number of nitrogens with one attached hydrogen (secondary N) is 1. The molecule has 0 saturated heterocycles. The lowest BCUT2D eigenvalue weighted by Gasteiger charge is -2.11. The molecule has 6 heteroatoms. The molecule has 0 amide bonds. The Morgan fingerprint density at radius 1 is 1.22 bits per heavy atom. The van der Waals surface area contributed by atoms with E-state index < -0.39 is 16.1 Å². The third-order valence-electron chi connectivity index (χ3n) is 2.81. The summed E-state index contributed by atoms with van der Waals surface area (Å²) in [5.41, 5.74) is 0.396. The van der Waals surface area contributed by atoms with Gasteiger partial charge in [-0.3, -0.25) is 0 Å². The van der Waals surface area contributed by atoms with Crippen molar-refractivity contribution < 1.29 is 8.42 Å². The standard InChI is InChI=1S/C12H11N3O2S/c13-7-9-1-5-11(6-2-9)18(16,17)15-12(8-14)10-3-4-10/h1-2,5-6,10,12,15H,3-4H2. The molecular formula is C12H11N3O2S. The van der Waals surface area contributed by atoms with Crippen molar-refractivity contribution in [2.45, 2.75) is 23.8 Å². The van der Waals surface area contributed by atoms with Crippen molar-refractivity contribution in [1.82, 2.24) is 4.72 Å². The predicted octanol–water partition coefficient (Wildman–Crippen LogP) is 1.14. The number of sulfonamides is 1. The van der Waals surface area contributed by atoms with Crippen LogP contribution >= 0.6 is 0 Å². The number of hydrogen-bond acceptors (Lipinski definition) is 4. The third kappa shape index (κ3) is 2.67. The van der Waals surface area contributed by atoms with Crippen LogP contribution in [0.4, 0.5) is 0 Å². The molecule has 1 N–H and O–H groups in total. The van der Waals surface area contributed by atoms with Crippen molar-refractivity contribution in [3.05, 3.63) is 29.8 Å². The Balaban J connectivity index is 2.19. The first-order valence-corrected chi connectivity index (χ1v) is 6.97. The van der Waals surface area contributed by atoms with Crippen LogP contribution in [0.1, 0.15) is 18.4 Å². The Labute approximate surface area is 106 Å². The second kappa shape index (κ2) is 4.77. The molecule has 1 aliphatic carbocycles. The van der Waals surface area contributed by atoms with Crippen LogP contribution in [0, 0.1) is 28.6 Å². The maximum absolute atomic E-state index is 12.0. The molecule has 1 fully saturated rings. The van der Waals surface area contributed by atoms with Crippen LogP contribution in [0.5, 0.6) is 0 Å². The summed E-state index contributed by atoms with van der Waals surface area (Å²) in [4.78, 5) is 0.0717. The molecule has 1 atom stereocenters. The first kappa shape index (κ1) is 12.6. The maximum Gasteiger partial charge on any atom is 0.241 e. The zero-order valence-electron chi connectivity index (χ0n) is 9.50. The molecule has 0 heterocycles. The fourth-order valence-electron chi connectivity index (χ4n) is 1.60. The van der Waals surface area contributed by atoms with E-state index in [4.69, 9.17) is 10.5 Å². The monoisotopic (exact) mass is 261 g/mol. The molecule has 1 saturated carbocycles. The van der Waals surface area contributed by atoms with Crippen LogP contribution in [-0.4, -0.2) is 14.5 Å². The van der Waals surface area contributed by atoms with E-state index in [9.17, 15) is 8.42 Å². The maximum atomic E-state index is 12.0. The summed E-state index contributed by atoms with van der Waals surface area (Å²) in [6.07, 6.45) is 1.77. The van der Waals surface area contributed by atoms with Crippen LogP contribution in [0.2, 0.25) is 0 Å². The van der Waals surface area contributed by atoms with Gasteiger partial charge in [-0.1, -0.05) is 0 Å². The summed E-state index contributed by atoms with van der Waals surface area (Å²) >= 11 is 0. The van der Waals surface area contributed by atoms with Crippen molar-refractivity contribution in [2.75, 3.05) is 0 Å². The van der Waals surface area contributed by atoms with Crippen molar-refractivity contribution in [3.8, 4) is 12.1 Å². The van der Waals surface area contributed by atoms with Crippen LogP contribution < -0.4 is 4.72 Å². The van der Waals surface area contributed by atoms with E-state index in [-0.39, 0.29) is 10.8 Å². The Hall–Kier alpha value is -1.89. The molecular weight excluding hydrogens is 250 g/mol. The van der Waals surface area contributed by atoms with Gasteiger partial charge in [-0.05, 0) is 43.0 Å². The second-order valence-electron chi connectivity index (χ2n) is 4.20. The van der Waals surface area contributed by atoms with E-state index in [1.54, 1.807) is 0 Å². The summed E-state index contributed by atoms with van der Waals surface area (Å²) in [5.74, 6) is 0.128. The molecule has 0 radical (unpaired) electrons. The van der Waals surface area contributed by atoms with Crippen molar-refractivity contribution in [3.63, 3.8) is 0 Å². The Morgan fingerprint density at radius 3 is 2.28 bits per heavy atom. The lowest BCUT2D eigenvalue weighted by Crippen LogP contribution is -2.35. The van der Waals surface area contributed by atoms with E-state index in [1.165, 1.54) is 24.3 Å². The van der Waals surface area contributed by atoms with E-state index in [2.05, 4.69) is 4.72 Å². The first-order chi connectivity index (χ1) is 8.56. The predicted molar refractivity (Wildman–Crippen MR) is 63.6 cm³/mol. The number of benzene rings is 1. The zero-order valence-corrected chi connectivity index (χ0v) is 10.3. The van der Waals surface area contributed by atoms with Crippen molar-refractivity contribution in [2.24, 2.45) is 5.92 Å². The zero-order chi connectivity index (χ0) is 13.2. The van der Waals surface area contributed by atoms with E-state index in [0.29, 0.717) is 5.56 Å². The van der Waals surface area contributed by atoms with Gasteiger partial charge in [0.1, 0.15) is 6.04 Å². The Morgan fingerprint density at radius 2 is 1.83 bits per heavy atom. The van der Waals surface area contributed by atoms with Crippen molar-refractivity contribution in [1.29, 1.82) is 10.5 Å². The molecule has 5 nitrogen and oxygen atoms in total. The normalized spacial score (nSPS) is 16.6. The van der Waals surface area contributed by atoms with Gasteiger partial charge in [-0.2, -0.15) is 15.2 Å². The molecule has 0 spiro atoms. The highest BCUT2D eigenvalue weighted by Gasteiger charge is 2.34. The minimum absolute atomic E-state index is 0.0717. The molecule has 18 heavy (non-hydrogen) atoms. The molecule has 1 aliphatic rings. The van der Waals surface area contributed by atoms with E-state index in [0.717, 1.165) is 12.8 Å². The van der Waals surface area contributed by atoms with Gasteiger partial charge in [-0.15, -0.1) is 0 Å². The molecule has 0 bridgehead atoms. The third-order valence-corrected chi connectivity index (χ3v) is 4.27. The van der Waals surface area contributed by atoms with Crippen LogP contribution in [0.3, 0.4) is 0 Å². The minimum Gasteiger partial charge on any atom is -0.207 e. The van der Waals surface area contributed by atoms with Gasteiger partial charge in [0.05, 0.1) is 22.6 Å². The van der Waals surface area contributed by atoms with E-state index >= 15 is 0 Å². The smallest absolute Gasteiger partial charge is 0.207 e. The van der Waals surface area contributed by atoms with Gasteiger partial charge in [0, 0.05) is 0 Å². The fourth-order valence-corrected chi connectivity index (χ4v) is 2.81. The Bertz CT molecular complexity index is 619. The molecule has 0 aliphatic heterocycles. The number of nitriles is 2. The van der Waals surface area contributed by atoms with Crippen LogP contribution in [-0.2, 0) is 10.0 Å². The van der Waals surface area contributed by atoms with Gasteiger partial charge in [0.25, 0.3) is 0 Å². The highest BCUT2D eigenvalue weighted by atomic mass is 32.2. The van der Waals surface area contributed by atoms with Crippen LogP contribution in [0.25, 0.3) is 0 Å². The Kier molecular flexibility index (Phi) is 3.33. The number of nitrogens with zero attached hydrogens (tertiary/aromatic N) is 2. The number of hydrogen-bond donors (Lipinski definition) is 1. The summed E-state index contributed by atoms with van der Waals surface area (Å²) in [7, 11) is -3.68. The second-order valence-corrected chi connectivity index (χ2v) is 5.92. The summed E-state index contributed by atoms with van der Waals surface area (Å²) in [5, 5.41) is 17.5.